The smallest absolute Gasteiger partial charge is 0.162 e. The molecule has 8 aromatic rings. The molecule has 0 saturated heterocycles. The molecule has 1 aromatic heterocycles. The maximum atomic E-state index is 5.11. The second-order valence-corrected chi connectivity index (χ2v) is 12.1. The molecule has 7 aromatic carbocycles. The van der Waals surface area contributed by atoms with Crippen molar-refractivity contribution in [2.75, 3.05) is 0 Å². The van der Waals surface area contributed by atoms with Gasteiger partial charge in [-0.15, -0.1) is 11.3 Å². The highest BCUT2D eigenvalue weighted by atomic mass is 32.1. The highest BCUT2D eigenvalue weighted by Gasteiger charge is 2.15. The van der Waals surface area contributed by atoms with Crippen molar-refractivity contribution in [3.05, 3.63) is 163 Å². The Bertz CT molecular complexity index is 2430. The number of amidine groups is 2. The van der Waals surface area contributed by atoms with Crippen molar-refractivity contribution in [1.82, 2.24) is 0 Å². The zero-order valence-electron chi connectivity index (χ0n) is 24.4. The summed E-state index contributed by atoms with van der Waals surface area (Å²) in [6.45, 7) is 3.96. The molecule has 212 valence electrons. The Morgan fingerprint density at radius 2 is 1.18 bits per heavy atom. The van der Waals surface area contributed by atoms with Crippen LogP contribution in [-0.2, 0) is 0 Å². The summed E-state index contributed by atoms with van der Waals surface area (Å²) in [5.41, 5.74) is 4.97. The highest BCUT2D eigenvalue weighted by molar-refractivity contribution is 7.26. The summed E-state index contributed by atoms with van der Waals surface area (Å²) in [4.78, 5) is 14.6. The first-order valence-electron chi connectivity index (χ1n) is 14.9. The van der Waals surface area contributed by atoms with Gasteiger partial charge in [-0.3, -0.25) is 0 Å². The van der Waals surface area contributed by atoms with Gasteiger partial charge in [-0.2, -0.15) is 0 Å². The lowest BCUT2D eigenvalue weighted by atomic mass is 10.00. The van der Waals surface area contributed by atoms with E-state index in [2.05, 4.69) is 133 Å². The quantitative estimate of drug-likeness (QED) is 0.144. The number of aliphatic imine (C=N–C) groups is 3. The van der Waals surface area contributed by atoms with Crippen molar-refractivity contribution in [2.24, 2.45) is 15.0 Å². The summed E-state index contributed by atoms with van der Waals surface area (Å²) >= 11 is 1.79. The third-order valence-corrected chi connectivity index (χ3v) is 9.30. The average Bonchev–Trinajstić information content (AvgIpc) is 3.47. The van der Waals surface area contributed by atoms with Gasteiger partial charge < -0.3 is 0 Å². The average molecular weight is 594 g/mol. The van der Waals surface area contributed by atoms with E-state index in [0.717, 1.165) is 27.8 Å². The maximum Gasteiger partial charge on any atom is 0.162 e. The Kier molecular flexibility index (Phi) is 6.82. The van der Waals surface area contributed by atoms with Gasteiger partial charge in [0.25, 0.3) is 0 Å². The Labute approximate surface area is 265 Å². The number of benzene rings is 7. The predicted molar refractivity (Wildman–Crippen MR) is 195 cm³/mol. The number of hydrogen-bond donors (Lipinski definition) is 0. The van der Waals surface area contributed by atoms with Gasteiger partial charge in [0.05, 0.1) is 5.69 Å². The number of rotatable bonds is 4. The lowest BCUT2D eigenvalue weighted by molar-refractivity contribution is 1.43. The Balaban J connectivity index is 1.26. The number of para-hydroxylation sites is 1. The Morgan fingerprint density at radius 3 is 1.93 bits per heavy atom. The summed E-state index contributed by atoms with van der Waals surface area (Å²) in [6.07, 6.45) is 0. The van der Waals surface area contributed by atoms with Crippen molar-refractivity contribution in [3.63, 3.8) is 0 Å². The fraction of sp³-hybridized carbons (Fsp3) is 0. The molecule has 0 aliphatic carbocycles. The number of fused-ring (bicyclic) bond motifs is 5. The SMILES string of the molecule is C=NC(=NC(=Nc1ccccc1)c1ccc(-c2ccc3ccccc3c2)cc1)c1cccc2sc3cc4ccccc4cc3c12. The summed E-state index contributed by atoms with van der Waals surface area (Å²) in [5.74, 6) is 1.12. The van der Waals surface area contributed by atoms with Crippen molar-refractivity contribution < 1.29 is 0 Å². The van der Waals surface area contributed by atoms with Crippen LogP contribution in [0.5, 0.6) is 0 Å². The fourth-order valence-corrected chi connectivity index (χ4v) is 7.10. The molecule has 0 bridgehead atoms. The van der Waals surface area contributed by atoms with E-state index in [0.29, 0.717) is 11.7 Å². The van der Waals surface area contributed by atoms with E-state index >= 15 is 0 Å². The van der Waals surface area contributed by atoms with E-state index in [1.54, 1.807) is 11.3 Å². The first-order valence-corrected chi connectivity index (χ1v) is 15.7. The molecule has 3 nitrogen and oxygen atoms in total. The Morgan fingerprint density at radius 1 is 0.511 bits per heavy atom. The normalized spacial score (nSPS) is 12.4. The molecular weight excluding hydrogens is 567 g/mol. The van der Waals surface area contributed by atoms with Crippen LogP contribution in [0.15, 0.2) is 167 Å². The van der Waals surface area contributed by atoms with Crippen LogP contribution in [-0.4, -0.2) is 18.4 Å². The van der Waals surface area contributed by atoms with E-state index in [1.807, 2.05) is 30.3 Å². The minimum atomic E-state index is 0.543. The first-order chi connectivity index (χ1) is 22.2. The van der Waals surface area contributed by atoms with Crippen LogP contribution >= 0.6 is 11.3 Å². The lowest BCUT2D eigenvalue weighted by Gasteiger charge is -2.09. The molecule has 0 unspecified atom stereocenters. The van der Waals surface area contributed by atoms with Crippen molar-refractivity contribution in [2.45, 2.75) is 0 Å². The van der Waals surface area contributed by atoms with Crippen LogP contribution in [0.2, 0.25) is 0 Å². The molecule has 0 aliphatic rings. The zero-order valence-corrected chi connectivity index (χ0v) is 25.2. The lowest BCUT2D eigenvalue weighted by Crippen LogP contribution is -2.05. The molecule has 0 N–H and O–H groups in total. The molecule has 4 heteroatoms. The first kappa shape index (κ1) is 26.9. The second-order valence-electron chi connectivity index (χ2n) is 11.0. The van der Waals surface area contributed by atoms with Gasteiger partial charge >= 0.3 is 0 Å². The fourth-order valence-electron chi connectivity index (χ4n) is 5.94. The number of nitrogens with zero attached hydrogens (tertiary/aromatic N) is 3. The van der Waals surface area contributed by atoms with Crippen LogP contribution < -0.4 is 0 Å². The highest BCUT2D eigenvalue weighted by Crippen LogP contribution is 2.38. The standard InChI is InChI=1S/C41H27N3S/c1-42-41(35-16-9-17-37-39(35)36-25-31-12-7-8-13-32(31)26-38(36)45-37)44-40(43-34-14-3-2-4-15-34)29-21-18-28(19-22-29)33-23-20-27-10-5-6-11-30(27)24-33/h2-26H,1H2. The summed E-state index contributed by atoms with van der Waals surface area (Å²) in [6, 6.07) is 52.7. The zero-order chi connectivity index (χ0) is 30.2. The van der Waals surface area contributed by atoms with Gasteiger partial charge in [-0.1, -0.05) is 115 Å². The third kappa shape index (κ3) is 5.12. The molecule has 1 heterocycles. The topological polar surface area (TPSA) is 37.1 Å². The van der Waals surface area contributed by atoms with Crippen LogP contribution in [0.1, 0.15) is 11.1 Å². The molecule has 0 saturated carbocycles. The molecule has 0 radical (unpaired) electrons. The Hall–Kier alpha value is -5.71. The van der Waals surface area contributed by atoms with Crippen LogP contribution in [0, 0.1) is 0 Å². The maximum absolute atomic E-state index is 5.11. The van der Waals surface area contributed by atoms with Crippen LogP contribution in [0.4, 0.5) is 5.69 Å². The molecule has 8 rings (SSSR count). The van der Waals surface area contributed by atoms with E-state index < -0.39 is 0 Å². The van der Waals surface area contributed by atoms with Crippen molar-refractivity contribution >= 4 is 77.1 Å². The van der Waals surface area contributed by atoms with Crippen LogP contribution in [0.25, 0.3) is 52.8 Å². The largest absolute Gasteiger partial charge is 0.244 e. The van der Waals surface area contributed by atoms with Crippen LogP contribution in [0.3, 0.4) is 0 Å². The predicted octanol–water partition coefficient (Wildman–Crippen LogP) is 11.3. The van der Waals surface area contributed by atoms with Gasteiger partial charge in [0.1, 0.15) is 0 Å². The van der Waals surface area contributed by atoms with Gasteiger partial charge in [-0.25, -0.2) is 15.0 Å². The minimum absolute atomic E-state index is 0.543. The van der Waals surface area contributed by atoms with E-state index in [-0.39, 0.29) is 0 Å². The molecule has 45 heavy (non-hydrogen) atoms. The van der Waals surface area contributed by atoms with Gasteiger partial charge in [0, 0.05) is 31.3 Å². The summed E-state index contributed by atoms with van der Waals surface area (Å²) in [5, 5.41) is 7.23. The molecule has 0 aliphatic heterocycles. The van der Waals surface area contributed by atoms with Crippen molar-refractivity contribution in [3.8, 4) is 11.1 Å². The van der Waals surface area contributed by atoms with E-state index in [9.17, 15) is 0 Å². The van der Waals surface area contributed by atoms with Crippen molar-refractivity contribution in [1.29, 1.82) is 0 Å². The number of hydrogen-bond acceptors (Lipinski definition) is 2. The van der Waals surface area contributed by atoms with Gasteiger partial charge in [0.2, 0.25) is 0 Å². The summed E-state index contributed by atoms with van der Waals surface area (Å²) < 4.78 is 2.43. The van der Waals surface area contributed by atoms with Gasteiger partial charge in [0.15, 0.2) is 11.7 Å². The third-order valence-electron chi connectivity index (χ3n) is 8.18. The summed E-state index contributed by atoms with van der Waals surface area (Å²) in [7, 11) is 0. The minimum Gasteiger partial charge on any atom is -0.244 e. The molecule has 0 spiro atoms. The molecule has 0 amide bonds. The van der Waals surface area contributed by atoms with E-state index in [1.165, 1.54) is 41.9 Å². The molecule has 0 atom stereocenters. The van der Waals surface area contributed by atoms with E-state index in [4.69, 9.17) is 9.98 Å². The monoisotopic (exact) mass is 593 g/mol. The second kappa shape index (κ2) is 11.4. The molecule has 0 fully saturated rings. The molecular formula is C41H27N3S. The number of thiophene rings is 1. The van der Waals surface area contributed by atoms with Gasteiger partial charge in [-0.05, 0) is 75.8 Å².